The second kappa shape index (κ2) is 7.45. The maximum atomic E-state index is 12.0. The molecule has 1 aromatic heterocycles. The van der Waals surface area contributed by atoms with Crippen LogP contribution in [0.2, 0.25) is 0 Å². The molecule has 1 N–H and O–H groups in total. The highest BCUT2D eigenvalue weighted by Crippen LogP contribution is 2.32. The third kappa shape index (κ3) is 3.62. The number of para-hydroxylation sites is 1. The van der Waals surface area contributed by atoms with Gasteiger partial charge in [-0.3, -0.25) is 9.78 Å². The molecule has 0 saturated carbocycles. The van der Waals surface area contributed by atoms with E-state index in [-0.39, 0.29) is 18.5 Å². The zero-order valence-electron chi connectivity index (χ0n) is 13.7. The van der Waals surface area contributed by atoms with Crippen LogP contribution in [0.15, 0.2) is 64.7 Å². The molecule has 1 aliphatic rings. The molecule has 1 amide bonds. The number of benzene rings is 2. The van der Waals surface area contributed by atoms with Crippen molar-refractivity contribution in [2.75, 3.05) is 12.5 Å². The maximum absolute atomic E-state index is 12.0. The standard InChI is InChI=1S/C19H15N3O3S/c23-18(11-26-17-5-1-3-14-4-2-8-20-19(14)17)22-21-10-13-6-7-15-16(9-13)25-12-24-15/h1-10H,11-12H2,(H,22,23)/b21-10+. The Balaban J connectivity index is 1.34. The maximum Gasteiger partial charge on any atom is 0.250 e. The number of amides is 1. The van der Waals surface area contributed by atoms with Crippen molar-refractivity contribution in [3.05, 3.63) is 60.3 Å². The Morgan fingerprint density at radius 1 is 1.19 bits per heavy atom. The molecule has 0 radical (unpaired) electrons. The number of rotatable bonds is 5. The van der Waals surface area contributed by atoms with Gasteiger partial charge < -0.3 is 9.47 Å². The van der Waals surface area contributed by atoms with Gasteiger partial charge in [-0.25, -0.2) is 5.43 Å². The number of hydrogen-bond acceptors (Lipinski definition) is 6. The van der Waals surface area contributed by atoms with Gasteiger partial charge in [-0.1, -0.05) is 18.2 Å². The Bertz CT molecular complexity index is 985. The second-order valence-corrected chi connectivity index (χ2v) is 6.54. The van der Waals surface area contributed by atoms with E-state index in [0.717, 1.165) is 21.4 Å². The predicted molar refractivity (Wildman–Crippen MR) is 101 cm³/mol. The summed E-state index contributed by atoms with van der Waals surface area (Å²) < 4.78 is 10.6. The minimum Gasteiger partial charge on any atom is -0.454 e. The van der Waals surface area contributed by atoms with E-state index in [1.165, 1.54) is 11.8 Å². The number of hydrazone groups is 1. The molecular weight excluding hydrogens is 350 g/mol. The molecule has 6 nitrogen and oxygen atoms in total. The number of fused-ring (bicyclic) bond motifs is 2. The summed E-state index contributed by atoms with van der Waals surface area (Å²) in [5, 5.41) is 5.05. The number of aromatic nitrogens is 1. The molecule has 2 aromatic carbocycles. The zero-order valence-corrected chi connectivity index (χ0v) is 14.5. The summed E-state index contributed by atoms with van der Waals surface area (Å²) in [7, 11) is 0. The zero-order chi connectivity index (χ0) is 17.8. The van der Waals surface area contributed by atoms with Crippen molar-refractivity contribution in [1.29, 1.82) is 0 Å². The van der Waals surface area contributed by atoms with Crippen molar-refractivity contribution < 1.29 is 14.3 Å². The van der Waals surface area contributed by atoms with E-state index < -0.39 is 0 Å². The van der Waals surface area contributed by atoms with Gasteiger partial charge in [0.2, 0.25) is 12.7 Å². The van der Waals surface area contributed by atoms with Crippen LogP contribution in [0, 0.1) is 0 Å². The van der Waals surface area contributed by atoms with Crippen LogP contribution < -0.4 is 14.9 Å². The number of carbonyl (C=O) groups excluding carboxylic acids is 1. The Labute approximate surface area is 154 Å². The summed E-state index contributed by atoms with van der Waals surface area (Å²) in [4.78, 5) is 17.4. The van der Waals surface area contributed by atoms with E-state index in [1.54, 1.807) is 12.4 Å². The van der Waals surface area contributed by atoms with E-state index in [2.05, 4.69) is 15.5 Å². The largest absolute Gasteiger partial charge is 0.454 e. The summed E-state index contributed by atoms with van der Waals surface area (Å²) in [6.07, 6.45) is 3.33. The number of pyridine rings is 1. The normalized spacial score (nSPS) is 12.6. The van der Waals surface area contributed by atoms with Crippen molar-refractivity contribution >= 4 is 34.8 Å². The monoisotopic (exact) mass is 365 g/mol. The lowest BCUT2D eigenvalue weighted by molar-refractivity contribution is -0.118. The van der Waals surface area contributed by atoms with E-state index in [9.17, 15) is 4.79 Å². The van der Waals surface area contributed by atoms with Gasteiger partial charge in [0, 0.05) is 16.5 Å². The van der Waals surface area contributed by atoms with Gasteiger partial charge in [0.05, 0.1) is 17.5 Å². The highest BCUT2D eigenvalue weighted by molar-refractivity contribution is 8.00. The van der Waals surface area contributed by atoms with E-state index in [1.807, 2.05) is 48.5 Å². The van der Waals surface area contributed by atoms with Gasteiger partial charge in [-0.15, -0.1) is 11.8 Å². The minimum absolute atomic E-state index is 0.181. The van der Waals surface area contributed by atoms with Crippen molar-refractivity contribution in [2.24, 2.45) is 5.10 Å². The van der Waals surface area contributed by atoms with Crippen molar-refractivity contribution in [1.82, 2.24) is 10.4 Å². The number of hydrogen-bond donors (Lipinski definition) is 1. The number of carbonyl (C=O) groups is 1. The molecule has 0 saturated heterocycles. The third-order valence-corrected chi connectivity index (χ3v) is 4.80. The molecule has 1 aliphatic heterocycles. The summed E-state index contributed by atoms with van der Waals surface area (Å²) in [6.45, 7) is 0.229. The fourth-order valence-corrected chi connectivity index (χ4v) is 3.37. The lowest BCUT2D eigenvalue weighted by atomic mass is 10.2. The Morgan fingerprint density at radius 2 is 2.08 bits per heavy atom. The summed E-state index contributed by atoms with van der Waals surface area (Å²) in [6, 6.07) is 15.3. The molecule has 2 heterocycles. The molecule has 26 heavy (non-hydrogen) atoms. The van der Waals surface area contributed by atoms with Crippen LogP contribution in [0.5, 0.6) is 11.5 Å². The Hall–Kier alpha value is -3.06. The van der Waals surface area contributed by atoms with Gasteiger partial charge in [0.25, 0.3) is 0 Å². The quantitative estimate of drug-likeness (QED) is 0.427. The lowest BCUT2D eigenvalue weighted by Gasteiger charge is -2.04. The first-order valence-electron chi connectivity index (χ1n) is 7.98. The van der Waals surface area contributed by atoms with Gasteiger partial charge in [-0.2, -0.15) is 5.10 Å². The fraction of sp³-hybridized carbons (Fsp3) is 0.105. The number of thioether (sulfide) groups is 1. The number of ether oxygens (including phenoxy) is 2. The molecule has 0 atom stereocenters. The average molecular weight is 365 g/mol. The molecular formula is C19H15N3O3S. The topological polar surface area (TPSA) is 72.8 Å². The first-order chi connectivity index (χ1) is 12.8. The Kier molecular flexibility index (Phi) is 4.70. The van der Waals surface area contributed by atoms with Crippen LogP contribution >= 0.6 is 11.8 Å². The lowest BCUT2D eigenvalue weighted by Crippen LogP contribution is -2.19. The number of nitrogens with one attached hydrogen (secondary N) is 1. The van der Waals surface area contributed by atoms with Crippen LogP contribution in [-0.2, 0) is 4.79 Å². The minimum atomic E-state index is -0.181. The highest BCUT2D eigenvalue weighted by Gasteiger charge is 2.12. The smallest absolute Gasteiger partial charge is 0.250 e. The molecule has 0 fully saturated rings. The van der Waals surface area contributed by atoms with Crippen molar-refractivity contribution in [2.45, 2.75) is 4.90 Å². The van der Waals surface area contributed by atoms with Crippen molar-refractivity contribution in [3.63, 3.8) is 0 Å². The molecule has 7 heteroatoms. The molecule has 0 aliphatic carbocycles. The summed E-state index contributed by atoms with van der Waals surface area (Å²) >= 11 is 1.44. The van der Waals surface area contributed by atoms with E-state index in [0.29, 0.717) is 11.5 Å². The SMILES string of the molecule is O=C(CSc1cccc2cccnc12)N/N=C/c1ccc2c(c1)OCO2. The van der Waals surface area contributed by atoms with Gasteiger partial charge in [0.1, 0.15) is 0 Å². The molecule has 130 valence electrons. The summed E-state index contributed by atoms with van der Waals surface area (Å²) in [5.41, 5.74) is 4.25. The summed E-state index contributed by atoms with van der Waals surface area (Å²) in [5.74, 6) is 1.47. The third-order valence-electron chi connectivity index (χ3n) is 3.75. The second-order valence-electron chi connectivity index (χ2n) is 5.53. The average Bonchev–Trinajstić information content (AvgIpc) is 3.14. The van der Waals surface area contributed by atoms with Crippen LogP contribution in [0.25, 0.3) is 10.9 Å². The van der Waals surface area contributed by atoms with E-state index >= 15 is 0 Å². The van der Waals surface area contributed by atoms with Crippen molar-refractivity contribution in [3.8, 4) is 11.5 Å². The molecule has 3 aromatic rings. The molecule has 0 spiro atoms. The molecule has 0 bridgehead atoms. The first kappa shape index (κ1) is 16.4. The van der Waals surface area contributed by atoms with E-state index in [4.69, 9.17) is 9.47 Å². The predicted octanol–water partition coefficient (Wildman–Crippen LogP) is 3.21. The van der Waals surface area contributed by atoms with Crippen LogP contribution in [-0.4, -0.2) is 29.7 Å². The fourth-order valence-electron chi connectivity index (χ4n) is 2.54. The van der Waals surface area contributed by atoms with Gasteiger partial charge >= 0.3 is 0 Å². The first-order valence-corrected chi connectivity index (χ1v) is 8.96. The van der Waals surface area contributed by atoms with Crippen LogP contribution in [0.3, 0.4) is 0 Å². The molecule has 4 rings (SSSR count). The highest BCUT2D eigenvalue weighted by atomic mass is 32.2. The van der Waals surface area contributed by atoms with Crippen LogP contribution in [0.4, 0.5) is 0 Å². The number of nitrogens with zero attached hydrogens (tertiary/aromatic N) is 2. The van der Waals surface area contributed by atoms with Gasteiger partial charge in [-0.05, 0) is 35.9 Å². The Morgan fingerprint density at radius 3 is 3.04 bits per heavy atom. The van der Waals surface area contributed by atoms with Crippen LogP contribution in [0.1, 0.15) is 5.56 Å². The van der Waals surface area contributed by atoms with Gasteiger partial charge in [0.15, 0.2) is 11.5 Å². The molecule has 0 unspecified atom stereocenters.